The quantitative estimate of drug-likeness (QED) is 0.622. The van der Waals surface area contributed by atoms with Gasteiger partial charge in [0.05, 0.1) is 21.3 Å². The van der Waals surface area contributed by atoms with Crippen LogP contribution in [0.4, 0.5) is 5.95 Å². The summed E-state index contributed by atoms with van der Waals surface area (Å²) in [6.07, 6.45) is 1.53. The number of unbranched alkanes of at least 4 members (excludes halogenated alkanes) is 1. The molecular weight excluding hydrogens is 386 g/mol. The topological polar surface area (TPSA) is 80.5 Å². The molecule has 2 heterocycles. The third-order valence-electron chi connectivity index (χ3n) is 4.35. The van der Waals surface area contributed by atoms with Crippen molar-refractivity contribution in [3.8, 4) is 0 Å². The number of halogens is 1. The first-order chi connectivity index (χ1) is 12.8. The molecule has 0 spiro atoms. The van der Waals surface area contributed by atoms with Gasteiger partial charge in [-0.3, -0.25) is 0 Å². The molecule has 0 saturated carbocycles. The highest BCUT2D eigenvalue weighted by atomic mass is 35.5. The molecule has 0 radical (unpaired) electrons. The van der Waals surface area contributed by atoms with E-state index in [9.17, 15) is 8.42 Å². The maximum Gasteiger partial charge on any atom is 0.266 e. The van der Waals surface area contributed by atoms with Crippen LogP contribution in [-0.2, 0) is 10.0 Å². The van der Waals surface area contributed by atoms with E-state index in [0.717, 1.165) is 12.0 Å². The van der Waals surface area contributed by atoms with Gasteiger partial charge in [-0.2, -0.15) is 9.50 Å². The van der Waals surface area contributed by atoms with Gasteiger partial charge in [0.15, 0.2) is 0 Å². The van der Waals surface area contributed by atoms with Crippen molar-refractivity contribution in [3.63, 3.8) is 0 Å². The Bertz CT molecular complexity index is 1080. The highest BCUT2D eigenvalue weighted by Crippen LogP contribution is 2.25. The summed E-state index contributed by atoms with van der Waals surface area (Å²) in [5.41, 5.74) is 2.29. The van der Waals surface area contributed by atoms with E-state index in [-0.39, 0.29) is 17.4 Å². The molecule has 0 unspecified atom stereocenters. The van der Waals surface area contributed by atoms with E-state index in [1.54, 1.807) is 38.1 Å². The second-order valence-corrected chi connectivity index (χ2v) is 8.70. The molecule has 7 nitrogen and oxygen atoms in total. The maximum absolute atomic E-state index is 13.2. The Morgan fingerprint density at radius 1 is 1.11 bits per heavy atom. The van der Waals surface area contributed by atoms with Crippen LogP contribution in [-0.4, -0.2) is 34.5 Å². The number of nitrogens with zero attached hydrogens (tertiary/aromatic N) is 5. The SMILES string of the molecule is CCCCN(c1nc2nc(C)c(Cl)c(C)n2n1)S(=O)(=O)c1ccc(C)cc1. The Labute approximate surface area is 164 Å². The molecule has 0 fully saturated rings. The fourth-order valence-corrected chi connectivity index (χ4v) is 4.24. The summed E-state index contributed by atoms with van der Waals surface area (Å²) in [4.78, 5) is 8.90. The first-order valence-electron chi connectivity index (χ1n) is 8.74. The molecule has 0 saturated heterocycles. The predicted molar refractivity (Wildman–Crippen MR) is 106 cm³/mol. The monoisotopic (exact) mass is 407 g/mol. The highest BCUT2D eigenvalue weighted by molar-refractivity contribution is 7.92. The van der Waals surface area contributed by atoms with Crippen molar-refractivity contribution >= 4 is 33.4 Å². The summed E-state index contributed by atoms with van der Waals surface area (Å²) in [5.74, 6) is 0.422. The van der Waals surface area contributed by atoms with Crippen LogP contribution in [0.3, 0.4) is 0 Å². The summed E-state index contributed by atoms with van der Waals surface area (Å²) >= 11 is 6.25. The zero-order valence-electron chi connectivity index (χ0n) is 15.8. The number of aryl methyl sites for hydroxylation is 3. The van der Waals surface area contributed by atoms with E-state index in [1.165, 1.54) is 8.82 Å². The van der Waals surface area contributed by atoms with E-state index >= 15 is 0 Å². The smallest absolute Gasteiger partial charge is 0.232 e. The summed E-state index contributed by atoms with van der Waals surface area (Å²) in [6.45, 7) is 7.78. The van der Waals surface area contributed by atoms with Crippen LogP contribution < -0.4 is 4.31 Å². The van der Waals surface area contributed by atoms with E-state index in [0.29, 0.717) is 28.6 Å². The van der Waals surface area contributed by atoms with Crippen LogP contribution in [0.2, 0.25) is 5.02 Å². The number of rotatable bonds is 6. The molecule has 3 aromatic rings. The van der Waals surface area contributed by atoms with Crippen LogP contribution in [0.15, 0.2) is 29.2 Å². The third kappa shape index (κ3) is 3.64. The molecule has 0 amide bonds. The number of benzene rings is 1. The first-order valence-corrected chi connectivity index (χ1v) is 10.6. The molecule has 144 valence electrons. The van der Waals surface area contributed by atoms with Gasteiger partial charge < -0.3 is 0 Å². The Morgan fingerprint density at radius 2 is 1.78 bits per heavy atom. The zero-order valence-corrected chi connectivity index (χ0v) is 17.3. The molecular formula is C18H22ClN5O2S. The number of anilines is 1. The van der Waals surface area contributed by atoms with Gasteiger partial charge in [0.2, 0.25) is 0 Å². The van der Waals surface area contributed by atoms with Gasteiger partial charge in [0.25, 0.3) is 21.7 Å². The van der Waals surface area contributed by atoms with Crippen molar-refractivity contribution in [1.29, 1.82) is 0 Å². The lowest BCUT2D eigenvalue weighted by Crippen LogP contribution is -2.33. The fourth-order valence-electron chi connectivity index (χ4n) is 2.72. The van der Waals surface area contributed by atoms with Crippen LogP contribution >= 0.6 is 11.6 Å². The molecule has 3 rings (SSSR count). The molecule has 0 aliphatic rings. The molecule has 0 N–H and O–H groups in total. The normalized spacial score (nSPS) is 11.9. The summed E-state index contributed by atoms with van der Waals surface area (Å²) in [6, 6.07) is 6.75. The Kier molecular flexibility index (Phi) is 5.39. The average Bonchev–Trinajstić information content (AvgIpc) is 3.04. The number of sulfonamides is 1. The molecule has 1 aromatic carbocycles. The third-order valence-corrected chi connectivity index (χ3v) is 6.69. The second-order valence-electron chi connectivity index (χ2n) is 6.46. The van der Waals surface area contributed by atoms with Gasteiger partial charge in [-0.1, -0.05) is 42.6 Å². The van der Waals surface area contributed by atoms with Gasteiger partial charge in [0, 0.05) is 6.54 Å². The molecule has 9 heteroatoms. The Morgan fingerprint density at radius 3 is 2.41 bits per heavy atom. The molecule has 0 atom stereocenters. The van der Waals surface area contributed by atoms with Crippen molar-refractivity contribution in [2.75, 3.05) is 10.8 Å². The molecule has 0 bridgehead atoms. The van der Waals surface area contributed by atoms with Crippen LogP contribution in [0.5, 0.6) is 0 Å². The minimum Gasteiger partial charge on any atom is -0.232 e. The lowest BCUT2D eigenvalue weighted by molar-refractivity contribution is 0.587. The summed E-state index contributed by atoms with van der Waals surface area (Å²) in [7, 11) is -3.79. The minimum absolute atomic E-state index is 0.0984. The maximum atomic E-state index is 13.2. The average molecular weight is 408 g/mol. The number of fused-ring (bicyclic) bond motifs is 1. The van der Waals surface area contributed by atoms with Crippen molar-refractivity contribution in [2.45, 2.75) is 45.4 Å². The minimum atomic E-state index is -3.79. The van der Waals surface area contributed by atoms with Gasteiger partial charge in [0.1, 0.15) is 0 Å². The van der Waals surface area contributed by atoms with Gasteiger partial charge in [-0.25, -0.2) is 17.7 Å². The highest BCUT2D eigenvalue weighted by Gasteiger charge is 2.28. The van der Waals surface area contributed by atoms with Gasteiger partial charge in [-0.05, 0) is 39.3 Å². The van der Waals surface area contributed by atoms with E-state index in [4.69, 9.17) is 11.6 Å². The van der Waals surface area contributed by atoms with Gasteiger partial charge >= 0.3 is 0 Å². The van der Waals surface area contributed by atoms with E-state index in [1.807, 2.05) is 13.8 Å². The largest absolute Gasteiger partial charge is 0.266 e. The lowest BCUT2D eigenvalue weighted by atomic mass is 10.2. The number of hydrogen-bond donors (Lipinski definition) is 0. The van der Waals surface area contributed by atoms with E-state index in [2.05, 4.69) is 15.1 Å². The fraction of sp³-hybridized carbons (Fsp3) is 0.389. The van der Waals surface area contributed by atoms with Crippen molar-refractivity contribution in [1.82, 2.24) is 19.6 Å². The molecule has 2 aromatic heterocycles. The Hall–Kier alpha value is -2.19. The molecule has 27 heavy (non-hydrogen) atoms. The van der Waals surface area contributed by atoms with Crippen molar-refractivity contribution in [3.05, 3.63) is 46.2 Å². The summed E-state index contributed by atoms with van der Waals surface area (Å²) < 4.78 is 29.2. The predicted octanol–water partition coefficient (Wildman–Crippen LogP) is 3.70. The molecule has 0 aliphatic heterocycles. The lowest BCUT2D eigenvalue weighted by Gasteiger charge is -2.20. The zero-order chi connectivity index (χ0) is 19.8. The van der Waals surface area contributed by atoms with Crippen LogP contribution in [0, 0.1) is 20.8 Å². The van der Waals surface area contributed by atoms with Gasteiger partial charge in [-0.15, -0.1) is 5.10 Å². The standard InChI is InChI=1S/C18H22ClN5O2S/c1-5-6-11-23(27(25,26)15-9-7-12(2)8-10-15)18-21-17-20-13(3)16(19)14(4)24(17)22-18/h7-10H,5-6,11H2,1-4H3. The first kappa shape index (κ1) is 19.6. The molecule has 0 aliphatic carbocycles. The summed E-state index contributed by atoms with van der Waals surface area (Å²) in [5, 5.41) is 4.87. The Balaban J connectivity index is 2.14. The van der Waals surface area contributed by atoms with Crippen molar-refractivity contribution in [2.24, 2.45) is 0 Å². The number of aromatic nitrogens is 4. The van der Waals surface area contributed by atoms with Crippen LogP contribution in [0.25, 0.3) is 5.78 Å². The van der Waals surface area contributed by atoms with Crippen LogP contribution in [0.1, 0.15) is 36.7 Å². The number of hydrogen-bond acceptors (Lipinski definition) is 5. The van der Waals surface area contributed by atoms with E-state index < -0.39 is 10.0 Å². The second kappa shape index (κ2) is 7.44. The van der Waals surface area contributed by atoms with Crippen molar-refractivity contribution < 1.29 is 8.42 Å².